The summed E-state index contributed by atoms with van der Waals surface area (Å²) in [7, 11) is 0. The van der Waals surface area contributed by atoms with E-state index in [-0.39, 0.29) is 6.47 Å². The van der Waals surface area contributed by atoms with Crippen LogP contribution in [0.25, 0.3) is 0 Å². The quantitative estimate of drug-likeness (QED) is 0.339. The van der Waals surface area contributed by atoms with E-state index in [0.717, 1.165) is 55.1 Å². The van der Waals surface area contributed by atoms with Gasteiger partial charge in [0.05, 0.1) is 0 Å². The third-order valence-electron chi connectivity index (χ3n) is 1.57. The molecule has 1 aliphatic rings. The van der Waals surface area contributed by atoms with Crippen LogP contribution in [0, 0.1) is 0 Å². The van der Waals surface area contributed by atoms with Crippen molar-refractivity contribution in [2.75, 3.05) is 6.54 Å². The molecule has 1 heterocycles. The fourth-order valence-electron chi connectivity index (χ4n) is 0.978. The van der Waals surface area contributed by atoms with Crippen molar-refractivity contribution in [2.45, 2.75) is 20.0 Å². The minimum atomic E-state index is -0.250. The number of carbonyl (C=O) groups is 1. The second kappa shape index (κ2) is 5.68. The van der Waals surface area contributed by atoms with Gasteiger partial charge in [-0.2, -0.15) is 0 Å². The first kappa shape index (κ1) is 11.1. The molecule has 0 aromatic rings. The van der Waals surface area contributed by atoms with Crippen LogP contribution in [-0.2, 0) is 4.79 Å². The summed E-state index contributed by atoms with van der Waals surface area (Å²) in [5, 5.41) is 6.89. The Hall–Kier alpha value is 1.07. The fraction of sp³-hybridized carbons (Fsp3) is 0.833. The summed E-state index contributed by atoms with van der Waals surface area (Å²) in [5.41, 5.74) is 0. The predicted molar refractivity (Wildman–Crippen MR) is 40.1 cm³/mol. The van der Waals surface area contributed by atoms with Gasteiger partial charge in [0, 0.05) is 0 Å². The zero-order valence-electron chi connectivity index (χ0n) is 6.74. The molecule has 2 atom stereocenters. The molecular weight excluding hydrogens is 157 g/mol. The van der Waals surface area contributed by atoms with Gasteiger partial charge in [0.15, 0.2) is 0 Å². The SMILES string of the molecule is CC(C)[N@@]1C[CH]1[K].O=CO. The molecule has 54 valence electrons. The van der Waals surface area contributed by atoms with Crippen LogP contribution in [0.5, 0.6) is 0 Å². The van der Waals surface area contributed by atoms with Crippen LogP contribution in [0.2, 0.25) is 0 Å². The second-order valence-electron chi connectivity index (χ2n) is 2.74. The van der Waals surface area contributed by atoms with Gasteiger partial charge in [-0.15, -0.1) is 0 Å². The van der Waals surface area contributed by atoms with Gasteiger partial charge in [0.2, 0.25) is 0 Å². The zero-order chi connectivity index (χ0) is 8.15. The fourth-order valence-corrected chi connectivity index (χ4v) is 2.57. The number of hydrogen-bond acceptors (Lipinski definition) is 2. The molecule has 1 saturated heterocycles. The molecule has 3 nitrogen and oxygen atoms in total. The van der Waals surface area contributed by atoms with Crippen LogP contribution >= 0.6 is 0 Å². The third-order valence-corrected chi connectivity index (χ3v) is 3.18. The molecule has 0 radical (unpaired) electrons. The summed E-state index contributed by atoms with van der Waals surface area (Å²) in [6.07, 6.45) is 0. The molecule has 1 unspecified atom stereocenters. The molecule has 0 aromatic heterocycles. The van der Waals surface area contributed by atoms with Crippen molar-refractivity contribution in [3.63, 3.8) is 0 Å². The molecular formula is C6H12KNO2. The molecule has 1 fully saturated rings. The van der Waals surface area contributed by atoms with Crippen molar-refractivity contribution in [2.24, 2.45) is 0 Å². The molecule has 0 amide bonds. The molecule has 1 aliphatic heterocycles. The first-order valence-corrected chi connectivity index (χ1v) is 5.27. The number of nitrogens with zero attached hydrogens (tertiary/aromatic N) is 1. The van der Waals surface area contributed by atoms with E-state index in [9.17, 15) is 0 Å². The van der Waals surface area contributed by atoms with Crippen LogP contribution in [-0.4, -0.2) is 78.2 Å². The second-order valence-corrected chi connectivity index (χ2v) is 4.83. The Morgan fingerprint density at radius 1 is 1.80 bits per heavy atom. The summed E-state index contributed by atoms with van der Waals surface area (Å²) in [6, 6.07) is 0.820. The maximum absolute atomic E-state index is 8.36. The molecule has 1 rings (SSSR count). The average molecular weight is 169 g/mol. The van der Waals surface area contributed by atoms with E-state index >= 15 is 0 Å². The molecule has 0 aliphatic carbocycles. The van der Waals surface area contributed by atoms with E-state index in [0.29, 0.717) is 0 Å². The summed E-state index contributed by atoms with van der Waals surface area (Å²) in [5.74, 6) is 0. The van der Waals surface area contributed by atoms with Crippen LogP contribution in [0.4, 0.5) is 0 Å². The summed E-state index contributed by atoms with van der Waals surface area (Å²) < 4.78 is 1.06. The maximum Gasteiger partial charge on any atom is 0.290 e. The van der Waals surface area contributed by atoms with Crippen molar-refractivity contribution in [3.05, 3.63) is 0 Å². The topological polar surface area (TPSA) is 40.3 Å². The van der Waals surface area contributed by atoms with E-state index in [1.807, 2.05) is 0 Å². The van der Waals surface area contributed by atoms with Gasteiger partial charge in [-0.25, -0.2) is 0 Å². The van der Waals surface area contributed by atoms with Gasteiger partial charge >= 0.3 is 80.4 Å². The van der Waals surface area contributed by atoms with Gasteiger partial charge < -0.3 is 5.11 Å². The Balaban J connectivity index is 0.000000236. The minimum Gasteiger partial charge on any atom is -0.483 e. The molecule has 10 heavy (non-hydrogen) atoms. The Labute approximate surface area is 95.4 Å². The molecule has 0 spiro atoms. The summed E-state index contributed by atoms with van der Waals surface area (Å²) in [4.78, 5) is 10.9. The summed E-state index contributed by atoms with van der Waals surface area (Å²) in [6.45, 7) is 5.69. The normalized spacial score (nSPS) is 28.9. The van der Waals surface area contributed by atoms with Gasteiger partial charge in [-0.1, -0.05) is 0 Å². The van der Waals surface area contributed by atoms with Crippen molar-refractivity contribution < 1.29 is 9.90 Å². The Morgan fingerprint density at radius 2 is 2.10 bits per heavy atom. The van der Waals surface area contributed by atoms with Crippen LogP contribution in [0.3, 0.4) is 0 Å². The third kappa shape index (κ3) is 4.82. The monoisotopic (exact) mass is 169 g/mol. The molecule has 1 N–H and O–H groups in total. The Kier molecular flexibility index (Phi) is 6.29. The average Bonchev–Trinajstić information content (AvgIpc) is 2.48. The first-order chi connectivity index (χ1) is 4.63. The zero-order valence-corrected chi connectivity index (χ0v) is 9.86. The van der Waals surface area contributed by atoms with Crippen molar-refractivity contribution in [1.29, 1.82) is 0 Å². The van der Waals surface area contributed by atoms with Crippen LogP contribution in [0.15, 0.2) is 0 Å². The van der Waals surface area contributed by atoms with Crippen LogP contribution < -0.4 is 0 Å². The number of hydrogen-bond donors (Lipinski definition) is 1. The van der Waals surface area contributed by atoms with Crippen molar-refractivity contribution >= 4 is 55.4 Å². The largest absolute Gasteiger partial charge is 0.483 e. The van der Waals surface area contributed by atoms with E-state index < -0.39 is 0 Å². The molecule has 0 saturated carbocycles. The van der Waals surface area contributed by atoms with Crippen molar-refractivity contribution in [3.8, 4) is 0 Å². The molecule has 0 aromatic carbocycles. The van der Waals surface area contributed by atoms with Crippen LogP contribution in [0.1, 0.15) is 13.8 Å². The van der Waals surface area contributed by atoms with Gasteiger partial charge in [-0.05, 0) is 0 Å². The number of carboxylic acid groups (broad SMARTS) is 1. The predicted octanol–water partition coefficient (Wildman–Crippen LogP) is -0.0942. The Morgan fingerprint density at radius 3 is 2.10 bits per heavy atom. The minimum absolute atomic E-state index is 0.250. The van der Waals surface area contributed by atoms with E-state index in [4.69, 9.17) is 9.90 Å². The standard InChI is InChI=1S/C5H10N.CH2O2.K/c1-5(2)6-3-4-6;2-1-3;/h3,5H,4H2,1-2H3;1H,(H,2,3);/t6-;;/m1../s1. The van der Waals surface area contributed by atoms with E-state index in [2.05, 4.69) is 18.7 Å². The smallest absolute Gasteiger partial charge is 0.290 e. The number of rotatable bonds is 1. The Bertz CT molecular complexity index is 108. The first-order valence-electron chi connectivity index (χ1n) is 3.47. The van der Waals surface area contributed by atoms with E-state index in [1.165, 1.54) is 6.54 Å². The van der Waals surface area contributed by atoms with Gasteiger partial charge in [-0.3, -0.25) is 4.79 Å². The van der Waals surface area contributed by atoms with Crippen molar-refractivity contribution in [1.82, 2.24) is 4.90 Å². The van der Waals surface area contributed by atoms with Gasteiger partial charge in [0.25, 0.3) is 6.47 Å². The molecule has 0 bridgehead atoms. The summed E-state index contributed by atoms with van der Waals surface area (Å²) >= 11 is 1.05. The maximum atomic E-state index is 8.36. The van der Waals surface area contributed by atoms with Gasteiger partial charge in [0.1, 0.15) is 0 Å². The molecule has 4 heteroatoms. The van der Waals surface area contributed by atoms with E-state index in [1.54, 1.807) is 0 Å².